The van der Waals surface area contributed by atoms with Gasteiger partial charge in [-0.2, -0.15) is 10.4 Å². The summed E-state index contributed by atoms with van der Waals surface area (Å²) in [6.07, 6.45) is 8.34. The Labute approximate surface area is 257 Å². The number of nitrogen functional groups attached to an aromatic ring is 1. The van der Waals surface area contributed by atoms with Crippen molar-refractivity contribution in [1.82, 2.24) is 30.0 Å². The number of pyridine rings is 1. The van der Waals surface area contributed by atoms with Crippen LogP contribution < -0.4 is 15.8 Å². The summed E-state index contributed by atoms with van der Waals surface area (Å²) in [5.74, 6) is 0.666. The van der Waals surface area contributed by atoms with E-state index < -0.39 is 0 Å². The van der Waals surface area contributed by atoms with Crippen LogP contribution in [0.15, 0.2) is 86.0 Å². The van der Waals surface area contributed by atoms with Crippen LogP contribution in [0.4, 0.5) is 5.82 Å². The molecule has 0 aliphatic heterocycles. The second kappa shape index (κ2) is 11.8. The fraction of sp³-hybridized carbons (Fsp3) is 0.0909. The molecule has 0 spiro atoms. The van der Waals surface area contributed by atoms with Crippen LogP contribution in [0.25, 0.3) is 42.8 Å². The highest BCUT2D eigenvalue weighted by atomic mass is 32.1. The van der Waals surface area contributed by atoms with Crippen LogP contribution in [0.2, 0.25) is 0 Å². The summed E-state index contributed by atoms with van der Waals surface area (Å²) < 4.78 is 8.55. The first-order chi connectivity index (χ1) is 21.3. The Balaban J connectivity index is 1.52. The summed E-state index contributed by atoms with van der Waals surface area (Å²) in [5.41, 5.74) is 12.9. The second-order valence-corrected chi connectivity index (χ2v) is 11.0. The zero-order valence-corrected chi connectivity index (χ0v) is 24.7. The summed E-state index contributed by atoms with van der Waals surface area (Å²) in [5, 5.41) is 18.1. The van der Waals surface area contributed by atoms with E-state index in [9.17, 15) is 10.1 Å². The molecule has 6 rings (SSSR count). The molecule has 11 heteroatoms. The Kier molecular flexibility index (Phi) is 7.58. The van der Waals surface area contributed by atoms with E-state index in [4.69, 9.17) is 10.5 Å². The lowest BCUT2D eigenvalue weighted by molar-refractivity contribution is -0.116. The third-order valence-electron chi connectivity index (χ3n) is 6.98. The Morgan fingerprint density at radius 1 is 1.14 bits per heavy atom. The van der Waals surface area contributed by atoms with Crippen LogP contribution in [0.5, 0.6) is 11.8 Å². The molecule has 0 saturated carbocycles. The van der Waals surface area contributed by atoms with Gasteiger partial charge in [0, 0.05) is 75.1 Å². The van der Waals surface area contributed by atoms with E-state index >= 15 is 0 Å². The molecule has 44 heavy (non-hydrogen) atoms. The summed E-state index contributed by atoms with van der Waals surface area (Å²) in [6.45, 7) is 5.63. The molecular formula is C33H26N8O2S. The van der Waals surface area contributed by atoms with Crippen LogP contribution in [0, 0.1) is 18.3 Å². The average Bonchev–Trinajstić information content (AvgIpc) is 3.65. The van der Waals surface area contributed by atoms with Gasteiger partial charge in [-0.05, 0) is 48.4 Å². The zero-order valence-electron chi connectivity index (χ0n) is 23.9. The molecule has 4 aromatic heterocycles. The normalized spacial score (nSPS) is 10.8. The van der Waals surface area contributed by atoms with Crippen molar-refractivity contribution in [2.45, 2.75) is 13.5 Å². The number of hydrogen-bond acceptors (Lipinski definition) is 9. The zero-order chi connectivity index (χ0) is 30.8. The Bertz CT molecular complexity index is 2090. The van der Waals surface area contributed by atoms with E-state index in [1.54, 1.807) is 46.7 Å². The quantitative estimate of drug-likeness (QED) is 0.198. The highest BCUT2D eigenvalue weighted by molar-refractivity contribution is 7.23. The Morgan fingerprint density at radius 3 is 2.66 bits per heavy atom. The highest BCUT2D eigenvalue weighted by Crippen LogP contribution is 2.50. The molecule has 2 aromatic carbocycles. The SMILES string of the molecule is C=CC(=O)NCc1ccc(-c2sc3c(-c4cnn(C)c4)cnc(N)c3c2-c2ccc(Oc3nccc(C)n3)cc2)c(C#N)c1. The topological polar surface area (TPSA) is 145 Å². The van der Waals surface area contributed by atoms with Gasteiger partial charge in [0.1, 0.15) is 11.6 Å². The standard InChI is InChI=1S/C33H26N8O2S/c1-4-27(42)37-15-20-5-10-25(22(13-20)14-34)30-28(21-6-8-24(9-7-21)43-33-36-12-11-19(2)40-33)29-31(44-30)26(17-38-32(29)35)23-16-39-41(3)18-23/h4-13,16-18H,1,15H2,2-3H3,(H2,35,38)(H,37,42). The van der Waals surface area contributed by atoms with Gasteiger partial charge < -0.3 is 15.8 Å². The molecule has 0 atom stereocenters. The van der Waals surface area contributed by atoms with Crippen molar-refractivity contribution >= 4 is 33.1 Å². The van der Waals surface area contributed by atoms with Gasteiger partial charge in [0.15, 0.2) is 0 Å². The van der Waals surface area contributed by atoms with Gasteiger partial charge in [-0.3, -0.25) is 9.48 Å². The summed E-state index contributed by atoms with van der Waals surface area (Å²) in [6, 6.07) is 17.6. The largest absolute Gasteiger partial charge is 0.424 e. The maximum atomic E-state index is 11.7. The molecule has 0 bridgehead atoms. The Hall–Kier alpha value is -5.86. The van der Waals surface area contributed by atoms with Crippen LogP contribution in [0.1, 0.15) is 16.8 Å². The number of nitrogens with two attached hydrogens (primary N) is 1. The molecule has 6 aromatic rings. The van der Waals surface area contributed by atoms with Crippen molar-refractivity contribution in [2.75, 3.05) is 5.73 Å². The number of hydrogen-bond donors (Lipinski definition) is 2. The van der Waals surface area contributed by atoms with Crippen LogP contribution in [-0.2, 0) is 18.4 Å². The average molecular weight is 599 g/mol. The molecule has 0 aliphatic carbocycles. The van der Waals surface area contributed by atoms with Crippen LogP contribution in [-0.4, -0.2) is 30.6 Å². The number of rotatable bonds is 8. The number of carbonyl (C=O) groups is 1. The maximum Gasteiger partial charge on any atom is 0.322 e. The smallest absolute Gasteiger partial charge is 0.322 e. The molecule has 0 fully saturated rings. The van der Waals surface area contributed by atoms with Crippen molar-refractivity contribution < 1.29 is 9.53 Å². The number of nitriles is 1. The first-order valence-electron chi connectivity index (χ1n) is 13.6. The van der Waals surface area contributed by atoms with Crippen molar-refractivity contribution in [2.24, 2.45) is 7.05 Å². The van der Waals surface area contributed by atoms with Gasteiger partial charge in [0.25, 0.3) is 0 Å². The Morgan fingerprint density at radius 2 is 1.95 bits per heavy atom. The minimum absolute atomic E-state index is 0.261. The van der Waals surface area contributed by atoms with E-state index in [0.717, 1.165) is 54.0 Å². The van der Waals surface area contributed by atoms with Gasteiger partial charge in [-0.1, -0.05) is 30.8 Å². The summed E-state index contributed by atoms with van der Waals surface area (Å²) in [4.78, 5) is 25.7. The van der Waals surface area contributed by atoms with Gasteiger partial charge in [0.05, 0.1) is 17.8 Å². The molecule has 0 radical (unpaired) electrons. The van der Waals surface area contributed by atoms with E-state index in [1.807, 2.05) is 56.6 Å². The van der Waals surface area contributed by atoms with E-state index in [-0.39, 0.29) is 18.5 Å². The van der Waals surface area contributed by atoms with Crippen LogP contribution in [0.3, 0.4) is 0 Å². The fourth-order valence-corrected chi connectivity index (χ4v) is 6.28. The predicted octanol–water partition coefficient (Wildman–Crippen LogP) is 6.18. The minimum atomic E-state index is -0.285. The number of nitrogens with one attached hydrogen (secondary N) is 1. The van der Waals surface area contributed by atoms with Crippen molar-refractivity contribution in [3.63, 3.8) is 0 Å². The molecule has 10 nitrogen and oxygen atoms in total. The second-order valence-electron chi connectivity index (χ2n) is 9.99. The van der Waals surface area contributed by atoms with Crippen molar-refractivity contribution in [3.05, 3.63) is 103 Å². The lowest BCUT2D eigenvalue weighted by atomic mass is 9.95. The number of amides is 1. The molecule has 216 valence electrons. The monoisotopic (exact) mass is 598 g/mol. The fourth-order valence-electron chi connectivity index (χ4n) is 4.88. The lowest BCUT2D eigenvalue weighted by Crippen LogP contribution is -2.19. The highest BCUT2D eigenvalue weighted by Gasteiger charge is 2.23. The number of thiophene rings is 1. The summed E-state index contributed by atoms with van der Waals surface area (Å²) >= 11 is 1.54. The van der Waals surface area contributed by atoms with Gasteiger partial charge in [-0.25, -0.2) is 15.0 Å². The maximum absolute atomic E-state index is 11.7. The predicted molar refractivity (Wildman–Crippen MR) is 171 cm³/mol. The number of ether oxygens (including phenoxy) is 1. The third kappa shape index (κ3) is 5.49. The van der Waals surface area contributed by atoms with Gasteiger partial charge in [0.2, 0.25) is 5.91 Å². The van der Waals surface area contributed by atoms with Crippen LogP contribution >= 0.6 is 11.3 Å². The first-order valence-corrected chi connectivity index (χ1v) is 14.4. The molecule has 0 unspecified atom stereocenters. The first kappa shape index (κ1) is 28.3. The number of aryl methyl sites for hydroxylation is 2. The van der Waals surface area contributed by atoms with Crippen molar-refractivity contribution in [1.29, 1.82) is 5.26 Å². The van der Waals surface area contributed by atoms with Gasteiger partial charge >= 0.3 is 6.01 Å². The number of nitrogens with zero attached hydrogens (tertiary/aromatic N) is 6. The number of anilines is 1. The molecule has 0 saturated heterocycles. The van der Waals surface area contributed by atoms with Crippen molar-refractivity contribution in [3.8, 4) is 50.5 Å². The van der Waals surface area contributed by atoms with E-state index in [2.05, 4.69) is 38.0 Å². The number of benzene rings is 2. The minimum Gasteiger partial charge on any atom is -0.424 e. The summed E-state index contributed by atoms with van der Waals surface area (Å²) in [7, 11) is 1.86. The van der Waals surface area contributed by atoms with Gasteiger partial charge in [-0.15, -0.1) is 11.3 Å². The number of fused-ring (bicyclic) bond motifs is 1. The molecule has 4 heterocycles. The molecule has 3 N–H and O–H groups in total. The molecule has 1 amide bonds. The van der Waals surface area contributed by atoms with E-state index in [0.29, 0.717) is 17.1 Å². The number of carbonyl (C=O) groups excluding carboxylic acids is 1. The molecule has 0 aliphatic rings. The molecular weight excluding hydrogens is 572 g/mol. The number of aromatic nitrogens is 5. The third-order valence-corrected chi connectivity index (χ3v) is 8.24. The van der Waals surface area contributed by atoms with E-state index in [1.165, 1.54) is 6.08 Å². The lowest BCUT2D eigenvalue weighted by Gasteiger charge is -2.11.